The largest absolute Gasteiger partial charge is 0.332 e. The lowest BCUT2D eigenvalue weighted by Gasteiger charge is -2.10. The van der Waals surface area contributed by atoms with Crippen LogP contribution in [0.25, 0.3) is 11.2 Å². The molecule has 2 aromatic rings. The summed E-state index contributed by atoms with van der Waals surface area (Å²) in [5, 5.41) is 0.841. The maximum Gasteiger partial charge on any atom is 0.332 e. The molecule has 3 heterocycles. The number of aromatic nitrogens is 4. The molecule has 0 N–H and O–H groups in total. The molecule has 0 saturated carbocycles. The molecule has 0 unspecified atom stereocenters. The van der Waals surface area contributed by atoms with Crippen LogP contribution in [0.15, 0.2) is 14.7 Å². The highest BCUT2D eigenvalue weighted by Crippen LogP contribution is 2.27. The molecule has 0 aliphatic carbocycles. The third-order valence-corrected chi connectivity index (χ3v) is 4.63. The Bertz CT molecular complexity index is 784. The Morgan fingerprint density at radius 1 is 1.35 bits per heavy atom. The highest BCUT2D eigenvalue weighted by Gasteiger charge is 2.23. The van der Waals surface area contributed by atoms with Crippen molar-refractivity contribution >= 4 is 22.9 Å². The standard InChI is InChI=1S/C13H18N4O2S/c1-8(2)4-5-17-11(18)9-10(15(3)13(17)19)14-12-16(9)6-7-20-12/h8H,4-7H2,1-3H3. The Hall–Kier alpha value is -1.50. The van der Waals surface area contributed by atoms with Gasteiger partial charge in [0.15, 0.2) is 16.3 Å². The van der Waals surface area contributed by atoms with Crippen LogP contribution in [0.5, 0.6) is 0 Å². The number of aryl methyl sites for hydroxylation is 2. The molecule has 0 saturated heterocycles. The molecule has 2 aromatic heterocycles. The summed E-state index contributed by atoms with van der Waals surface area (Å²) >= 11 is 1.63. The van der Waals surface area contributed by atoms with Gasteiger partial charge in [-0.05, 0) is 12.3 Å². The SMILES string of the molecule is CC(C)CCn1c(=O)c2c(nc3n2CCS3)n(C)c1=O. The van der Waals surface area contributed by atoms with E-state index in [1.54, 1.807) is 18.8 Å². The van der Waals surface area contributed by atoms with Gasteiger partial charge in [0.05, 0.1) is 0 Å². The molecule has 0 atom stereocenters. The van der Waals surface area contributed by atoms with E-state index < -0.39 is 0 Å². The molecule has 108 valence electrons. The second-order valence-electron chi connectivity index (χ2n) is 5.55. The molecule has 1 aliphatic heterocycles. The minimum absolute atomic E-state index is 0.204. The number of thioether (sulfide) groups is 1. The Kier molecular flexibility index (Phi) is 3.24. The topological polar surface area (TPSA) is 61.8 Å². The van der Waals surface area contributed by atoms with Gasteiger partial charge < -0.3 is 4.57 Å². The van der Waals surface area contributed by atoms with Gasteiger partial charge in [-0.3, -0.25) is 13.9 Å². The molecule has 7 heteroatoms. The normalized spacial score (nSPS) is 14.4. The van der Waals surface area contributed by atoms with Crippen molar-refractivity contribution in [3.63, 3.8) is 0 Å². The molecule has 20 heavy (non-hydrogen) atoms. The molecule has 3 rings (SSSR count). The fraction of sp³-hybridized carbons (Fsp3) is 0.615. The van der Waals surface area contributed by atoms with Crippen LogP contribution >= 0.6 is 11.8 Å². The van der Waals surface area contributed by atoms with E-state index in [1.165, 1.54) is 9.13 Å². The van der Waals surface area contributed by atoms with Gasteiger partial charge in [0, 0.05) is 25.9 Å². The van der Waals surface area contributed by atoms with E-state index in [9.17, 15) is 9.59 Å². The van der Waals surface area contributed by atoms with E-state index in [1.807, 2.05) is 4.57 Å². The van der Waals surface area contributed by atoms with Crippen LogP contribution in [0.2, 0.25) is 0 Å². The van der Waals surface area contributed by atoms with Gasteiger partial charge in [0.2, 0.25) is 0 Å². The average Bonchev–Trinajstić information content (AvgIpc) is 2.95. The van der Waals surface area contributed by atoms with Crippen molar-refractivity contribution in [2.45, 2.75) is 38.5 Å². The summed E-state index contributed by atoms with van der Waals surface area (Å²) in [5.41, 5.74) is 0.591. The zero-order valence-electron chi connectivity index (χ0n) is 11.9. The number of rotatable bonds is 3. The van der Waals surface area contributed by atoms with Gasteiger partial charge in [0.25, 0.3) is 5.56 Å². The van der Waals surface area contributed by atoms with Crippen LogP contribution in [-0.2, 0) is 20.1 Å². The Labute approximate surface area is 120 Å². The minimum Gasteiger partial charge on any atom is -0.312 e. The lowest BCUT2D eigenvalue weighted by atomic mass is 10.1. The molecule has 6 nitrogen and oxygen atoms in total. The molecule has 0 fully saturated rings. The number of hydrogen-bond donors (Lipinski definition) is 0. The highest BCUT2D eigenvalue weighted by molar-refractivity contribution is 7.99. The molecule has 0 spiro atoms. The maximum atomic E-state index is 12.6. The third kappa shape index (κ3) is 1.91. The predicted octanol–water partition coefficient (Wildman–Crippen LogP) is 1.05. The second kappa shape index (κ2) is 4.80. The van der Waals surface area contributed by atoms with Gasteiger partial charge in [-0.25, -0.2) is 9.78 Å². The lowest BCUT2D eigenvalue weighted by molar-refractivity contribution is 0.487. The van der Waals surface area contributed by atoms with E-state index in [-0.39, 0.29) is 11.2 Å². The molecule has 1 aliphatic rings. The fourth-order valence-corrected chi connectivity index (χ4v) is 3.43. The minimum atomic E-state index is -0.273. The summed E-state index contributed by atoms with van der Waals surface area (Å²) in [7, 11) is 1.68. The molecular weight excluding hydrogens is 276 g/mol. The number of nitrogens with zero attached hydrogens (tertiary/aromatic N) is 4. The number of fused-ring (bicyclic) bond motifs is 3. The summed E-state index contributed by atoms with van der Waals surface area (Å²) in [5.74, 6) is 1.39. The van der Waals surface area contributed by atoms with Gasteiger partial charge >= 0.3 is 5.69 Å². The van der Waals surface area contributed by atoms with Crippen LogP contribution in [0.4, 0.5) is 0 Å². The zero-order chi connectivity index (χ0) is 14.4. The smallest absolute Gasteiger partial charge is 0.312 e. The van der Waals surface area contributed by atoms with Crippen molar-refractivity contribution in [3.8, 4) is 0 Å². The first kappa shape index (κ1) is 13.5. The summed E-state index contributed by atoms with van der Waals surface area (Å²) in [6, 6.07) is 0. The Morgan fingerprint density at radius 3 is 2.80 bits per heavy atom. The van der Waals surface area contributed by atoms with Crippen molar-refractivity contribution in [2.24, 2.45) is 13.0 Å². The summed E-state index contributed by atoms with van der Waals surface area (Å²) < 4.78 is 4.77. The van der Waals surface area contributed by atoms with E-state index >= 15 is 0 Å². The van der Waals surface area contributed by atoms with E-state index in [4.69, 9.17) is 0 Å². The van der Waals surface area contributed by atoms with Crippen molar-refractivity contribution < 1.29 is 0 Å². The van der Waals surface area contributed by atoms with E-state index in [0.29, 0.717) is 23.6 Å². The summed E-state index contributed by atoms with van der Waals surface area (Å²) in [6.45, 7) is 5.42. The monoisotopic (exact) mass is 294 g/mol. The van der Waals surface area contributed by atoms with E-state index in [2.05, 4.69) is 18.8 Å². The number of imidazole rings is 1. The lowest BCUT2D eigenvalue weighted by Crippen LogP contribution is -2.40. The first-order valence-corrected chi connectivity index (χ1v) is 7.82. The van der Waals surface area contributed by atoms with Crippen LogP contribution in [0.1, 0.15) is 20.3 Å². The highest BCUT2D eigenvalue weighted by atomic mass is 32.2. The first-order valence-electron chi connectivity index (χ1n) is 6.83. The van der Waals surface area contributed by atoms with Crippen molar-refractivity contribution in [1.82, 2.24) is 18.7 Å². The molecule has 0 radical (unpaired) electrons. The maximum absolute atomic E-state index is 12.6. The van der Waals surface area contributed by atoms with Crippen molar-refractivity contribution in [2.75, 3.05) is 5.75 Å². The average molecular weight is 294 g/mol. The molecule has 0 amide bonds. The van der Waals surface area contributed by atoms with Gasteiger partial charge in [0.1, 0.15) is 0 Å². The van der Waals surface area contributed by atoms with Crippen LogP contribution in [0.3, 0.4) is 0 Å². The van der Waals surface area contributed by atoms with Gasteiger partial charge in [-0.1, -0.05) is 25.6 Å². The Balaban J connectivity index is 2.26. The molecule has 0 bridgehead atoms. The van der Waals surface area contributed by atoms with Crippen molar-refractivity contribution in [1.29, 1.82) is 0 Å². The second-order valence-corrected chi connectivity index (χ2v) is 6.61. The summed E-state index contributed by atoms with van der Waals surface area (Å²) in [6.07, 6.45) is 0.816. The third-order valence-electron chi connectivity index (χ3n) is 3.67. The quantitative estimate of drug-likeness (QED) is 0.849. The Morgan fingerprint density at radius 2 is 2.10 bits per heavy atom. The van der Waals surface area contributed by atoms with Gasteiger partial charge in [-0.15, -0.1) is 0 Å². The van der Waals surface area contributed by atoms with E-state index in [0.717, 1.165) is 23.9 Å². The molecular formula is C13H18N4O2S. The molecule has 0 aromatic carbocycles. The van der Waals surface area contributed by atoms with Crippen molar-refractivity contribution in [3.05, 3.63) is 20.8 Å². The fourth-order valence-electron chi connectivity index (χ4n) is 2.48. The van der Waals surface area contributed by atoms with Gasteiger partial charge in [-0.2, -0.15) is 0 Å². The van der Waals surface area contributed by atoms with Crippen LogP contribution in [0, 0.1) is 5.92 Å². The zero-order valence-corrected chi connectivity index (χ0v) is 12.7. The number of hydrogen-bond acceptors (Lipinski definition) is 4. The van der Waals surface area contributed by atoms with Crippen LogP contribution < -0.4 is 11.2 Å². The first-order chi connectivity index (χ1) is 9.50. The van der Waals surface area contributed by atoms with Crippen LogP contribution in [-0.4, -0.2) is 24.4 Å². The summed E-state index contributed by atoms with van der Waals surface area (Å²) in [4.78, 5) is 29.4. The predicted molar refractivity (Wildman–Crippen MR) is 79.4 cm³/mol.